The number of hydrogen-bond acceptors (Lipinski definition) is 3. The minimum Gasteiger partial charge on any atom is -0.496 e. The molecule has 4 nitrogen and oxygen atoms in total. The van der Waals surface area contributed by atoms with Gasteiger partial charge in [0.2, 0.25) is 0 Å². The van der Waals surface area contributed by atoms with Gasteiger partial charge in [-0.05, 0) is 18.2 Å². The first-order chi connectivity index (χ1) is 8.78. The number of aromatic amines is 1. The smallest absolute Gasteiger partial charge is 0.141 e. The van der Waals surface area contributed by atoms with Gasteiger partial charge in [-0.25, -0.2) is 9.37 Å². The fraction of sp³-hybridized carbons (Fsp3) is 0.308. The Morgan fingerprint density at radius 3 is 3.06 bits per heavy atom. The van der Waals surface area contributed by atoms with Crippen LogP contribution in [0.4, 0.5) is 4.39 Å². The summed E-state index contributed by atoms with van der Waals surface area (Å²) in [6, 6.07) is 4.44. The summed E-state index contributed by atoms with van der Waals surface area (Å²) in [6.45, 7) is 1.71. The molecule has 0 unspecified atom stereocenters. The first kappa shape index (κ1) is 11.2. The Labute approximate surface area is 104 Å². The van der Waals surface area contributed by atoms with Crippen LogP contribution in [0.15, 0.2) is 18.2 Å². The highest BCUT2D eigenvalue weighted by atomic mass is 19.1. The third-order valence-corrected chi connectivity index (χ3v) is 3.12. The molecule has 0 fully saturated rings. The zero-order chi connectivity index (χ0) is 12.5. The molecule has 0 radical (unpaired) electrons. The molecule has 2 N–H and O–H groups in total. The van der Waals surface area contributed by atoms with Crippen LogP contribution in [0.3, 0.4) is 0 Å². The maximum absolute atomic E-state index is 13.3. The summed E-state index contributed by atoms with van der Waals surface area (Å²) in [4.78, 5) is 7.76. The van der Waals surface area contributed by atoms with Crippen LogP contribution in [0.5, 0.6) is 5.75 Å². The van der Waals surface area contributed by atoms with Gasteiger partial charge in [0, 0.05) is 19.5 Å². The molecule has 5 heteroatoms. The third-order valence-electron chi connectivity index (χ3n) is 3.12. The Morgan fingerprint density at radius 1 is 1.39 bits per heavy atom. The zero-order valence-corrected chi connectivity index (χ0v) is 10.1. The maximum atomic E-state index is 13.3. The van der Waals surface area contributed by atoms with Crippen LogP contribution in [-0.4, -0.2) is 23.6 Å². The Kier molecular flexibility index (Phi) is 2.76. The number of nitrogens with one attached hydrogen (secondary N) is 2. The van der Waals surface area contributed by atoms with Crippen LogP contribution >= 0.6 is 0 Å². The summed E-state index contributed by atoms with van der Waals surface area (Å²) >= 11 is 0. The van der Waals surface area contributed by atoms with Crippen molar-refractivity contribution in [3.05, 3.63) is 35.4 Å². The van der Waals surface area contributed by atoms with Crippen molar-refractivity contribution in [1.29, 1.82) is 0 Å². The van der Waals surface area contributed by atoms with E-state index in [1.807, 2.05) is 0 Å². The van der Waals surface area contributed by atoms with E-state index in [1.165, 1.54) is 12.1 Å². The van der Waals surface area contributed by atoms with Crippen LogP contribution < -0.4 is 10.1 Å². The second-order valence-electron chi connectivity index (χ2n) is 4.28. The van der Waals surface area contributed by atoms with Gasteiger partial charge >= 0.3 is 0 Å². The standard InChI is InChI=1S/C13H14FN3O/c1-18-12-3-2-8(14)6-9(12)13-16-10-4-5-15-7-11(10)17-13/h2-3,6,15H,4-5,7H2,1H3,(H,16,17). The van der Waals surface area contributed by atoms with Crippen molar-refractivity contribution in [3.8, 4) is 17.1 Å². The van der Waals surface area contributed by atoms with Gasteiger partial charge in [-0.2, -0.15) is 0 Å². The summed E-state index contributed by atoms with van der Waals surface area (Å²) in [5.41, 5.74) is 2.78. The van der Waals surface area contributed by atoms with Gasteiger partial charge in [0.1, 0.15) is 17.4 Å². The average molecular weight is 247 g/mol. The lowest BCUT2D eigenvalue weighted by atomic mass is 10.2. The Hall–Kier alpha value is -1.88. The molecule has 1 aromatic heterocycles. The van der Waals surface area contributed by atoms with E-state index >= 15 is 0 Å². The van der Waals surface area contributed by atoms with Crippen molar-refractivity contribution >= 4 is 0 Å². The first-order valence-corrected chi connectivity index (χ1v) is 5.90. The number of halogens is 1. The van der Waals surface area contributed by atoms with Crippen molar-refractivity contribution in [3.63, 3.8) is 0 Å². The summed E-state index contributed by atoms with van der Waals surface area (Å²) in [7, 11) is 1.57. The van der Waals surface area contributed by atoms with Gasteiger partial charge < -0.3 is 15.0 Å². The number of rotatable bonds is 2. The Morgan fingerprint density at radius 2 is 2.28 bits per heavy atom. The van der Waals surface area contributed by atoms with Crippen molar-refractivity contribution in [1.82, 2.24) is 15.3 Å². The largest absolute Gasteiger partial charge is 0.496 e. The van der Waals surface area contributed by atoms with Gasteiger partial charge in [0.25, 0.3) is 0 Å². The van der Waals surface area contributed by atoms with Gasteiger partial charge in [0.15, 0.2) is 0 Å². The molecule has 18 heavy (non-hydrogen) atoms. The monoisotopic (exact) mass is 247 g/mol. The number of hydrogen-bond donors (Lipinski definition) is 2. The van der Waals surface area contributed by atoms with E-state index in [-0.39, 0.29) is 5.82 Å². The van der Waals surface area contributed by atoms with Crippen molar-refractivity contribution in [2.45, 2.75) is 13.0 Å². The van der Waals surface area contributed by atoms with Crippen LogP contribution in [0.25, 0.3) is 11.4 Å². The van der Waals surface area contributed by atoms with E-state index in [9.17, 15) is 4.39 Å². The van der Waals surface area contributed by atoms with Crippen molar-refractivity contribution in [2.75, 3.05) is 13.7 Å². The molecular weight excluding hydrogens is 233 g/mol. The van der Waals surface area contributed by atoms with Gasteiger partial charge in [-0.1, -0.05) is 0 Å². The highest BCUT2D eigenvalue weighted by molar-refractivity contribution is 5.65. The van der Waals surface area contributed by atoms with E-state index in [1.54, 1.807) is 13.2 Å². The highest BCUT2D eigenvalue weighted by Crippen LogP contribution is 2.29. The quantitative estimate of drug-likeness (QED) is 0.851. The minimum atomic E-state index is -0.293. The number of ether oxygens (including phenoxy) is 1. The van der Waals surface area contributed by atoms with Crippen LogP contribution in [0.1, 0.15) is 11.4 Å². The molecule has 0 amide bonds. The van der Waals surface area contributed by atoms with Gasteiger partial charge in [-0.15, -0.1) is 0 Å². The topological polar surface area (TPSA) is 49.9 Å². The molecule has 1 aliphatic heterocycles. The molecule has 0 atom stereocenters. The minimum absolute atomic E-state index is 0.293. The Bertz CT molecular complexity index is 556. The normalized spacial score (nSPS) is 14.3. The summed E-state index contributed by atoms with van der Waals surface area (Å²) < 4.78 is 18.6. The number of H-pyrrole nitrogens is 1. The lowest BCUT2D eigenvalue weighted by Gasteiger charge is -2.09. The molecule has 2 heterocycles. The maximum Gasteiger partial charge on any atom is 0.141 e. The molecule has 3 rings (SSSR count). The van der Waals surface area contributed by atoms with E-state index < -0.39 is 0 Å². The molecule has 0 bridgehead atoms. The first-order valence-electron chi connectivity index (χ1n) is 5.90. The summed E-state index contributed by atoms with van der Waals surface area (Å²) in [5, 5.41) is 3.27. The molecule has 2 aromatic rings. The molecular formula is C13H14FN3O. The molecule has 0 spiro atoms. The fourth-order valence-electron chi connectivity index (χ4n) is 2.21. The molecule has 94 valence electrons. The Balaban J connectivity index is 2.08. The number of aromatic nitrogens is 2. The van der Waals surface area contributed by atoms with Crippen LogP contribution in [0.2, 0.25) is 0 Å². The number of fused-ring (bicyclic) bond motifs is 1. The predicted molar refractivity (Wildman–Crippen MR) is 65.9 cm³/mol. The van der Waals surface area contributed by atoms with E-state index in [2.05, 4.69) is 15.3 Å². The second-order valence-corrected chi connectivity index (χ2v) is 4.28. The number of imidazole rings is 1. The van der Waals surface area contributed by atoms with Crippen LogP contribution in [-0.2, 0) is 13.0 Å². The van der Waals surface area contributed by atoms with Crippen molar-refractivity contribution < 1.29 is 9.13 Å². The third kappa shape index (κ3) is 1.86. The van der Waals surface area contributed by atoms with E-state index in [0.29, 0.717) is 17.1 Å². The van der Waals surface area contributed by atoms with E-state index in [4.69, 9.17) is 4.74 Å². The zero-order valence-electron chi connectivity index (χ0n) is 10.1. The molecule has 0 saturated heterocycles. The number of methoxy groups -OCH3 is 1. The average Bonchev–Trinajstić information content (AvgIpc) is 2.82. The molecule has 0 aliphatic carbocycles. The lowest BCUT2D eigenvalue weighted by Crippen LogP contribution is -2.23. The van der Waals surface area contributed by atoms with Crippen LogP contribution in [0, 0.1) is 5.82 Å². The fourth-order valence-corrected chi connectivity index (χ4v) is 2.21. The van der Waals surface area contributed by atoms with Gasteiger partial charge in [-0.3, -0.25) is 0 Å². The number of benzene rings is 1. The highest BCUT2D eigenvalue weighted by Gasteiger charge is 2.17. The van der Waals surface area contributed by atoms with E-state index in [0.717, 1.165) is 30.9 Å². The lowest BCUT2D eigenvalue weighted by molar-refractivity contribution is 0.415. The molecule has 1 aromatic carbocycles. The second kappa shape index (κ2) is 4.42. The SMILES string of the molecule is COc1ccc(F)cc1-c1nc2c([nH]1)CNCC2. The van der Waals surface area contributed by atoms with Gasteiger partial charge in [0.05, 0.1) is 24.1 Å². The predicted octanol–water partition coefficient (Wildman–Crippen LogP) is 1.87. The molecule has 1 aliphatic rings. The summed E-state index contributed by atoms with van der Waals surface area (Å²) in [6.07, 6.45) is 0.892. The summed E-state index contributed by atoms with van der Waals surface area (Å²) in [5.74, 6) is 0.994. The number of nitrogens with zero attached hydrogens (tertiary/aromatic N) is 1. The van der Waals surface area contributed by atoms with Crippen molar-refractivity contribution in [2.24, 2.45) is 0 Å². The molecule has 0 saturated carbocycles.